The van der Waals surface area contributed by atoms with E-state index in [0.717, 1.165) is 43.7 Å². The number of nitrogens with zero attached hydrogens (tertiary/aromatic N) is 1. The van der Waals surface area contributed by atoms with Crippen LogP contribution in [0, 0.1) is 0 Å². The molecule has 4 nitrogen and oxygen atoms in total. The maximum atomic E-state index is 12.3. The number of nitrogens with one attached hydrogen (secondary N) is 1. The van der Waals surface area contributed by atoms with E-state index in [0.29, 0.717) is 12.8 Å². The number of rotatable bonds is 6. The number of benzene rings is 1. The molecule has 1 atom stereocenters. The predicted molar refractivity (Wildman–Crippen MR) is 89.7 cm³/mol. The van der Waals surface area contributed by atoms with Crippen LogP contribution in [0.25, 0.3) is 10.9 Å². The van der Waals surface area contributed by atoms with Crippen LogP contribution in [0.2, 0.25) is 0 Å². The van der Waals surface area contributed by atoms with Gasteiger partial charge in [0, 0.05) is 30.2 Å². The first kappa shape index (κ1) is 17.2. The molecule has 2 heterocycles. The van der Waals surface area contributed by atoms with E-state index in [2.05, 4.69) is 20.7 Å². The first-order valence-corrected chi connectivity index (χ1v) is 8.45. The van der Waals surface area contributed by atoms with Crippen LogP contribution in [0.1, 0.15) is 24.8 Å². The highest BCUT2D eigenvalue weighted by atomic mass is 19.3. The number of aromatic amines is 1. The molecule has 0 saturated carbocycles. The molecule has 0 radical (unpaired) electrons. The van der Waals surface area contributed by atoms with Crippen molar-refractivity contribution in [3.8, 4) is 5.75 Å². The maximum absolute atomic E-state index is 12.3. The van der Waals surface area contributed by atoms with E-state index in [1.165, 1.54) is 10.9 Å². The van der Waals surface area contributed by atoms with Crippen LogP contribution >= 0.6 is 0 Å². The Morgan fingerprint density at radius 2 is 2.17 bits per heavy atom. The van der Waals surface area contributed by atoms with Gasteiger partial charge in [0.05, 0.1) is 13.2 Å². The van der Waals surface area contributed by atoms with E-state index < -0.39 is 6.61 Å². The molecule has 1 aromatic heterocycles. The molecule has 0 amide bonds. The number of halogens is 2. The number of fused-ring (bicyclic) bond motifs is 1. The number of hydrogen-bond acceptors (Lipinski definition) is 3. The maximum Gasteiger partial charge on any atom is 0.345 e. The second-order valence-corrected chi connectivity index (χ2v) is 6.27. The third-order valence-corrected chi connectivity index (χ3v) is 4.74. The lowest BCUT2D eigenvalue weighted by atomic mass is 10.1. The zero-order valence-electron chi connectivity index (χ0n) is 13.9. The van der Waals surface area contributed by atoms with Gasteiger partial charge in [0.15, 0.2) is 0 Å². The first-order valence-electron chi connectivity index (χ1n) is 8.45. The fourth-order valence-electron chi connectivity index (χ4n) is 3.40. The molecule has 6 heteroatoms. The lowest BCUT2D eigenvalue weighted by molar-refractivity contribution is -0.164. The topological polar surface area (TPSA) is 37.5 Å². The summed E-state index contributed by atoms with van der Waals surface area (Å²) >= 11 is 0. The van der Waals surface area contributed by atoms with Crippen molar-refractivity contribution in [1.82, 2.24) is 9.88 Å². The molecule has 132 valence electrons. The van der Waals surface area contributed by atoms with Crippen LogP contribution in [0.4, 0.5) is 8.78 Å². The summed E-state index contributed by atoms with van der Waals surface area (Å²) in [5.41, 5.74) is 2.36. The van der Waals surface area contributed by atoms with Crippen LogP contribution in [0.5, 0.6) is 5.75 Å². The standard InChI is InChI=1S/C18H24F2N2O2/c1-23-15-4-5-17-16(11-15)13(12-21-17)6-9-22-8-2-3-14(7-10-22)24-18(19)20/h4-5,11-12,14,18,21H,2-3,6-10H2,1H3. The van der Waals surface area contributed by atoms with E-state index in [1.54, 1.807) is 7.11 Å². The average molecular weight is 338 g/mol. The minimum Gasteiger partial charge on any atom is -0.497 e. The van der Waals surface area contributed by atoms with E-state index in [9.17, 15) is 8.78 Å². The second kappa shape index (κ2) is 7.94. The van der Waals surface area contributed by atoms with Crippen molar-refractivity contribution >= 4 is 10.9 Å². The van der Waals surface area contributed by atoms with Gasteiger partial charge in [-0.25, -0.2) is 0 Å². The number of likely N-dealkylation sites (tertiary alicyclic amines) is 1. The monoisotopic (exact) mass is 338 g/mol. The van der Waals surface area contributed by atoms with Gasteiger partial charge in [0.1, 0.15) is 5.75 Å². The average Bonchev–Trinajstić information content (AvgIpc) is 2.84. The Bertz CT molecular complexity index is 660. The van der Waals surface area contributed by atoms with E-state index >= 15 is 0 Å². The third-order valence-electron chi connectivity index (χ3n) is 4.74. The minimum atomic E-state index is -2.66. The van der Waals surface area contributed by atoms with Crippen molar-refractivity contribution in [1.29, 1.82) is 0 Å². The molecule has 1 aliphatic rings. The molecule has 1 N–H and O–H groups in total. The summed E-state index contributed by atoms with van der Waals surface area (Å²) in [5.74, 6) is 0.852. The smallest absolute Gasteiger partial charge is 0.345 e. The van der Waals surface area contributed by atoms with E-state index in [4.69, 9.17) is 4.74 Å². The van der Waals surface area contributed by atoms with Crippen LogP contribution in [-0.2, 0) is 11.2 Å². The highest BCUT2D eigenvalue weighted by Crippen LogP contribution is 2.24. The normalized spacial score (nSPS) is 19.8. The molecule has 0 spiro atoms. The van der Waals surface area contributed by atoms with Gasteiger partial charge in [-0.2, -0.15) is 8.78 Å². The Labute approximate surface area is 140 Å². The number of alkyl halides is 2. The Hall–Kier alpha value is -1.66. The highest BCUT2D eigenvalue weighted by molar-refractivity contribution is 5.84. The van der Waals surface area contributed by atoms with E-state index in [1.807, 2.05) is 18.3 Å². The molecule has 24 heavy (non-hydrogen) atoms. The van der Waals surface area contributed by atoms with Gasteiger partial charge in [-0.05, 0) is 56.0 Å². The summed E-state index contributed by atoms with van der Waals surface area (Å²) in [6.45, 7) is 0.00592. The number of methoxy groups -OCH3 is 1. The Morgan fingerprint density at radius 1 is 1.29 bits per heavy atom. The third kappa shape index (κ3) is 4.24. The lowest BCUT2D eigenvalue weighted by Gasteiger charge is -2.20. The van der Waals surface area contributed by atoms with Crippen molar-refractivity contribution in [3.05, 3.63) is 30.0 Å². The van der Waals surface area contributed by atoms with Gasteiger partial charge >= 0.3 is 6.61 Å². The number of H-pyrrole nitrogens is 1. The summed E-state index contributed by atoms with van der Waals surface area (Å²) in [6.07, 6.45) is 4.95. The van der Waals surface area contributed by atoms with Gasteiger partial charge < -0.3 is 19.4 Å². The molecular formula is C18H24F2N2O2. The summed E-state index contributed by atoms with van der Waals surface area (Å²) in [4.78, 5) is 5.63. The van der Waals surface area contributed by atoms with Crippen molar-refractivity contribution in [2.24, 2.45) is 0 Å². The highest BCUT2D eigenvalue weighted by Gasteiger charge is 2.20. The quantitative estimate of drug-likeness (QED) is 0.870. The molecule has 0 bridgehead atoms. The molecule has 1 fully saturated rings. The van der Waals surface area contributed by atoms with Crippen molar-refractivity contribution in [3.63, 3.8) is 0 Å². The number of aromatic nitrogens is 1. The van der Waals surface area contributed by atoms with E-state index in [-0.39, 0.29) is 6.10 Å². The Morgan fingerprint density at radius 3 is 2.96 bits per heavy atom. The largest absolute Gasteiger partial charge is 0.497 e. The number of hydrogen-bond donors (Lipinski definition) is 1. The van der Waals surface area contributed by atoms with Gasteiger partial charge in [-0.15, -0.1) is 0 Å². The molecule has 0 aliphatic carbocycles. The summed E-state index contributed by atoms with van der Waals surface area (Å²) in [7, 11) is 1.67. The van der Waals surface area contributed by atoms with Gasteiger partial charge in [-0.3, -0.25) is 0 Å². The molecule has 1 saturated heterocycles. The zero-order valence-corrected chi connectivity index (χ0v) is 13.9. The van der Waals surface area contributed by atoms with Crippen LogP contribution in [0.15, 0.2) is 24.4 Å². The van der Waals surface area contributed by atoms with Crippen LogP contribution in [0.3, 0.4) is 0 Å². The zero-order chi connectivity index (χ0) is 16.9. The van der Waals surface area contributed by atoms with Gasteiger partial charge in [0.2, 0.25) is 0 Å². The second-order valence-electron chi connectivity index (χ2n) is 6.27. The fraction of sp³-hybridized carbons (Fsp3) is 0.556. The van der Waals surface area contributed by atoms with Crippen molar-refractivity contribution in [2.75, 3.05) is 26.7 Å². The van der Waals surface area contributed by atoms with Crippen LogP contribution < -0.4 is 4.74 Å². The summed E-state index contributed by atoms with van der Waals surface area (Å²) in [5, 5.41) is 1.18. The summed E-state index contributed by atoms with van der Waals surface area (Å²) < 4.78 is 34.7. The molecule has 2 aromatic rings. The molecule has 1 unspecified atom stereocenters. The van der Waals surface area contributed by atoms with Crippen molar-refractivity contribution < 1.29 is 18.3 Å². The van der Waals surface area contributed by atoms with Gasteiger partial charge in [0.25, 0.3) is 0 Å². The molecule has 1 aromatic carbocycles. The Kier molecular flexibility index (Phi) is 5.68. The van der Waals surface area contributed by atoms with Crippen LogP contribution in [-0.4, -0.2) is 49.3 Å². The van der Waals surface area contributed by atoms with Gasteiger partial charge in [-0.1, -0.05) is 0 Å². The lowest BCUT2D eigenvalue weighted by Crippen LogP contribution is -2.28. The van der Waals surface area contributed by atoms with Crippen molar-refractivity contribution in [2.45, 2.75) is 38.4 Å². The SMILES string of the molecule is COc1ccc2[nH]cc(CCN3CCCC(OC(F)F)CC3)c2c1. The minimum absolute atomic E-state index is 0.313. The fourth-order valence-corrected chi connectivity index (χ4v) is 3.40. The first-order chi connectivity index (χ1) is 11.7. The predicted octanol–water partition coefficient (Wildman–Crippen LogP) is 3.81. The summed E-state index contributed by atoms with van der Waals surface area (Å²) in [6, 6.07) is 6.02. The molecule has 3 rings (SSSR count). The molecule has 1 aliphatic heterocycles. The molecular weight excluding hydrogens is 314 g/mol. The number of ether oxygens (including phenoxy) is 2. The Balaban J connectivity index is 1.58.